The second kappa shape index (κ2) is 10.7. The molecule has 0 saturated carbocycles. The van der Waals surface area contributed by atoms with Crippen molar-refractivity contribution in [1.29, 1.82) is 0 Å². The Morgan fingerprint density at radius 2 is 2.07 bits per heavy atom. The highest BCUT2D eigenvalue weighted by Gasteiger charge is 2.14. The van der Waals surface area contributed by atoms with Crippen LogP contribution in [0.15, 0.2) is 21.7 Å². The molecule has 1 atom stereocenters. The van der Waals surface area contributed by atoms with Crippen LogP contribution in [0, 0.1) is 20.8 Å². The summed E-state index contributed by atoms with van der Waals surface area (Å²) in [7, 11) is 1.97. The van der Waals surface area contributed by atoms with Crippen LogP contribution in [-0.4, -0.2) is 47.3 Å². The van der Waals surface area contributed by atoms with E-state index in [2.05, 4.69) is 39.9 Å². The molecule has 2 aromatic heterocycles. The van der Waals surface area contributed by atoms with E-state index in [1.165, 1.54) is 17.5 Å². The van der Waals surface area contributed by atoms with E-state index in [9.17, 15) is 4.79 Å². The molecule has 0 saturated heterocycles. The standard InChI is InChI=1S/C21H34N6O2/c1-7-22-21(25-15(3)13-18-16(4)26-27(6)17(18)5)24-11-8-10-23-20(28)19-14(2)9-12-29-19/h9,12,15H,7-8,10-11,13H2,1-6H3,(H,23,28)(H2,22,24,25). The third-order valence-corrected chi connectivity index (χ3v) is 4.86. The van der Waals surface area contributed by atoms with Gasteiger partial charge in [0.05, 0.1) is 12.0 Å². The Bertz CT molecular complexity index is 836. The fourth-order valence-electron chi connectivity index (χ4n) is 3.18. The van der Waals surface area contributed by atoms with Crippen molar-refractivity contribution in [2.45, 2.75) is 53.5 Å². The zero-order valence-electron chi connectivity index (χ0n) is 18.4. The third kappa shape index (κ3) is 6.37. The Morgan fingerprint density at radius 1 is 1.31 bits per heavy atom. The average molecular weight is 403 g/mol. The molecule has 8 heteroatoms. The molecule has 8 nitrogen and oxygen atoms in total. The lowest BCUT2D eigenvalue weighted by Crippen LogP contribution is -2.43. The molecule has 1 unspecified atom stereocenters. The minimum Gasteiger partial charge on any atom is -0.459 e. The number of nitrogens with one attached hydrogen (secondary N) is 3. The van der Waals surface area contributed by atoms with Crippen LogP contribution in [-0.2, 0) is 13.5 Å². The number of aliphatic imine (C=N–C) groups is 1. The van der Waals surface area contributed by atoms with Gasteiger partial charge < -0.3 is 20.4 Å². The fourth-order valence-corrected chi connectivity index (χ4v) is 3.18. The van der Waals surface area contributed by atoms with Crippen molar-refractivity contribution >= 4 is 11.9 Å². The minimum absolute atomic E-state index is 0.183. The summed E-state index contributed by atoms with van der Waals surface area (Å²) in [6.07, 6.45) is 3.16. The Kier molecular flexibility index (Phi) is 8.30. The van der Waals surface area contributed by atoms with E-state index < -0.39 is 0 Å². The summed E-state index contributed by atoms with van der Waals surface area (Å²) in [6, 6.07) is 2.00. The zero-order chi connectivity index (χ0) is 21.4. The van der Waals surface area contributed by atoms with Crippen LogP contribution < -0.4 is 16.0 Å². The highest BCUT2D eigenvalue weighted by molar-refractivity contribution is 5.92. The van der Waals surface area contributed by atoms with Crippen LogP contribution in [0.25, 0.3) is 0 Å². The molecule has 0 bridgehead atoms. The minimum atomic E-state index is -0.183. The second-order valence-corrected chi connectivity index (χ2v) is 7.33. The summed E-state index contributed by atoms with van der Waals surface area (Å²) < 4.78 is 7.12. The van der Waals surface area contributed by atoms with Crippen LogP contribution >= 0.6 is 0 Å². The van der Waals surface area contributed by atoms with Gasteiger partial charge in [0, 0.05) is 44.0 Å². The van der Waals surface area contributed by atoms with Crippen molar-refractivity contribution in [1.82, 2.24) is 25.7 Å². The third-order valence-electron chi connectivity index (χ3n) is 4.86. The van der Waals surface area contributed by atoms with Crippen molar-refractivity contribution in [3.63, 3.8) is 0 Å². The van der Waals surface area contributed by atoms with E-state index in [1.807, 2.05) is 32.5 Å². The molecule has 2 rings (SSSR count). The number of hydrogen-bond acceptors (Lipinski definition) is 4. The molecule has 160 valence electrons. The molecular formula is C21H34N6O2. The molecule has 3 N–H and O–H groups in total. The van der Waals surface area contributed by atoms with Crippen molar-refractivity contribution < 1.29 is 9.21 Å². The van der Waals surface area contributed by atoms with Crippen molar-refractivity contribution in [2.24, 2.45) is 12.0 Å². The maximum atomic E-state index is 12.0. The van der Waals surface area contributed by atoms with Crippen LogP contribution in [0.5, 0.6) is 0 Å². The first-order chi connectivity index (χ1) is 13.8. The summed E-state index contributed by atoms with van der Waals surface area (Å²) in [4.78, 5) is 16.7. The lowest BCUT2D eigenvalue weighted by molar-refractivity contribution is 0.0925. The van der Waals surface area contributed by atoms with Crippen LogP contribution in [0.3, 0.4) is 0 Å². The van der Waals surface area contributed by atoms with Crippen molar-refractivity contribution in [3.05, 3.63) is 40.6 Å². The lowest BCUT2D eigenvalue weighted by Gasteiger charge is -2.18. The SMILES string of the molecule is CCNC(=NCCCNC(=O)c1occc1C)NC(C)Cc1c(C)nn(C)c1C. The van der Waals surface area contributed by atoms with Crippen LogP contribution in [0.1, 0.15) is 53.3 Å². The summed E-state index contributed by atoms with van der Waals surface area (Å²) in [5.74, 6) is 0.975. The first-order valence-electron chi connectivity index (χ1n) is 10.2. The fraction of sp³-hybridized carbons (Fsp3) is 0.571. The molecule has 0 aliphatic rings. The van der Waals surface area contributed by atoms with Gasteiger partial charge in [0.25, 0.3) is 5.91 Å². The van der Waals surface area contributed by atoms with E-state index in [4.69, 9.17) is 4.42 Å². The van der Waals surface area contributed by atoms with E-state index >= 15 is 0 Å². The number of carbonyl (C=O) groups excluding carboxylic acids is 1. The zero-order valence-corrected chi connectivity index (χ0v) is 18.4. The molecule has 0 spiro atoms. The van der Waals surface area contributed by atoms with Gasteiger partial charge in [-0.05, 0) is 59.1 Å². The van der Waals surface area contributed by atoms with Gasteiger partial charge in [0.2, 0.25) is 0 Å². The quantitative estimate of drug-likeness (QED) is 0.340. The van der Waals surface area contributed by atoms with E-state index in [-0.39, 0.29) is 11.9 Å². The predicted octanol–water partition coefficient (Wildman–Crippen LogP) is 2.24. The summed E-state index contributed by atoms with van der Waals surface area (Å²) >= 11 is 0. The molecule has 0 aliphatic carbocycles. The Balaban J connectivity index is 1.81. The molecule has 2 aromatic rings. The first-order valence-corrected chi connectivity index (χ1v) is 10.2. The van der Waals surface area contributed by atoms with Gasteiger partial charge in [-0.2, -0.15) is 5.10 Å². The van der Waals surface area contributed by atoms with E-state index in [0.717, 1.165) is 36.6 Å². The van der Waals surface area contributed by atoms with Gasteiger partial charge in [-0.1, -0.05) is 0 Å². The van der Waals surface area contributed by atoms with Crippen molar-refractivity contribution in [3.8, 4) is 0 Å². The first kappa shape index (κ1) is 22.5. The number of aryl methyl sites for hydroxylation is 3. The highest BCUT2D eigenvalue weighted by Crippen LogP contribution is 2.14. The van der Waals surface area contributed by atoms with Crippen LogP contribution in [0.2, 0.25) is 0 Å². The van der Waals surface area contributed by atoms with Crippen LogP contribution in [0.4, 0.5) is 0 Å². The van der Waals surface area contributed by atoms with Gasteiger partial charge in [0.1, 0.15) is 0 Å². The number of rotatable bonds is 9. The van der Waals surface area contributed by atoms with Gasteiger partial charge in [-0.15, -0.1) is 0 Å². The van der Waals surface area contributed by atoms with Gasteiger partial charge in [0.15, 0.2) is 11.7 Å². The number of hydrogen-bond donors (Lipinski definition) is 3. The number of carbonyl (C=O) groups is 1. The Hall–Kier alpha value is -2.77. The highest BCUT2D eigenvalue weighted by atomic mass is 16.3. The lowest BCUT2D eigenvalue weighted by atomic mass is 10.1. The molecule has 0 aromatic carbocycles. The maximum Gasteiger partial charge on any atom is 0.287 e. The van der Waals surface area contributed by atoms with E-state index in [0.29, 0.717) is 18.8 Å². The molecule has 0 radical (unpaired) electrons. The molecule has 29 heavy (non-hydrogen) atoms. The Labute approximate surface area is 173 Å². The summed E-state index contributed by atoms with van der Waals surface area (Å²) in [5, 5.41) is 14.1. The number of nitrogens with zero attached hydrogens (tertiary/aromatic N) is 3. The number of guanidine groups is 1. The normalized spacial score (nSPS) is 12.7. The van der Waals surface area contributed by atoms with Crippen molar-refractivity contribution in [2.75, 3.05) is 19.6 Å². The Morgan fingerprint density at radius 3 is 2.66 bits per heavy atom. The predicted molar refractivity (Wildman–Crippen MR) is 115 cm³/mol. The molecule has 0 fully saturated rings. The van der Waals surface area contributed by atoms with Gasteiger partial charge in [-0.25, -0.2) is 0 Å². The van der Waals surface area contributed by atoms with Gasteiger partial charge in [-0.3, -0.25) is 14.5 Å². The number of aromatic nitrogens is 2. The monoisotopic (exact) mass is 402 g/mol. The summed E-state index contributed by atoms with van der Waals surface area (Å²) in [6.45, 7) is 12.1. The second-order valence-electron chi connectivity index (χ2n) is 7.33. The molecular weight excluding hydrogens is 368 g/mol. The van der Waals surface area contributed by atoms with Gasteiger partial charge >= 0.3 is 0 Å². The average Bonchev–Trinajstić information content (AvgIpc) is 3.19. The largest absolute Gasteiger partial charge is 0.459 e. The molecule has 0 aliphatic heterocycles. The smallest absolute Gasteiger partial charge is 0.287 e. The maximum absolute atomic E-state index is 12.0. The topological polar surface area (TPSA) is 96.5 Å². The number of furan rings is 1. The molecule has 2 heterocycles. The summed E-state index contributed by atoms with van der Waals surface area (Å²) in [5.41, 5.74) is 4.38. The number of amides is 1. The van der Waals surface area contributed by atoms with E-state index in [1.54, 1.807) is 6.07 Å². The molecule has 1 amide bonds.